The van der Waals surface area contributed by atoms with Crippen LogP contribution in [0, 0.1) is 13.8 Å². The lowest BCUT2D eigenvalue weighted by molar-refractivity contribution is -0.141. The van der Waals surface area contributed by atoms with Gasteiger partial charge in [-0.15, -0.1) is 0 Å². The molecule has 0 unspecified atom stereocenters. The van der Waals surface area contributed by atoms with Crippen molar-refractivity contribution in [3.05, 3.63) is 29.3 Å². The van der Waals surface area contributed by atoms with Crippen molar-refractivity contribution in [1.29, 1.82) is 0 Å². The Hall–Kier alpha value is -1.88. The summed E-state index contributed by atoms with van der Waals surface area (Å²) in [6.07, 6.45) is -3.17. The highest BCUT2D eigenvalue weighted by Crippen LogP contribution is 2.28. The lowest BCUT2D eigenvalue weighted by Crippen LogP contribution is -2.28. The third-order valence-electron chi connectivity index (χ3n) is 3.15. The SMILES string of the molecule is Cc1nn(C)cc1S(=O)(=O)NCCn1nc(C(F)(F)F)cc1C. The van der Waals surface area contributed by atoms with E-state index in [9.17, 15) is 21.6 Å². The molecule has 0 atom stereocenters. The molecule has 0 spiro atoms. The molecule has 0 aliphatic rings. The Morgan fingerprint density at radius 3 is 2.39 bits per heavy atom. The summed E-state index contributed by atoms with van der Waals surface area (Å²) >= 11 is 0. The summed E-state index contributed by atoms with van der Waals surface area (Å²) in [6.45, 7) is 2.93. The topological polar surface area (TPSA) is 81.8 Å². The van der Waals surface area contributed by atoms with Crippen LogP contribution in [0.5, 0.6) is 0 Å². The zero-order valence-corrected chi connectivity index (χ0v) is 13.5. The number of hydrogen-bond donors (Lipinski definition) is 1. The molecule has 1 N–H and O–H groups in total. The second kappa shape index (κ2) is 5.96. The third kappa shape index (κ3) is 3.91. The number of nitrogens with zero attached hydrogens (tertiary/aromatic N) is 4. The smallest absolute Gasteiger partial charge is 0.274 e. The van der Waals surface area contributed by atoms with E-state index in [4.69, 9.17) is 0 Å². The van der Waals surface area contributed by atoms with Crippen LogP contribution in [0.4, 0.5) is 13.2 Å². The van der Waals surface area contributed by atoms with Crippen LogP contribution in [0.15, 0.2) is 17.2 Å². The average molecular weight is 351 g/mol. The van der Waals surface area contributed by atoms with Crippen molar-refractivity contribution in [1.82, 2.24) is 24.3 Å². The van der Waals surface area contributed by atoms with Crippen molar-refractivity contribution in [2.45, 2.75) is 31.5 Å². The molecule has 128 valence electrons. The summed E-state index contributed by atoms with van der Waals surface area (Å²) in [4.78, 5) is 0.0353. The summed E-state index contributed by atoms with van der Waals surface area (Å²) in [5, 5.41) is 7.38. The minimum Gasteiger partial charge on any atom is -0.274 e. The van der Waals surface area contributed by atoms with Crippen molar-refractivity contribution in [2.24, 2.45) is 7.05 Å². The molecule has 0 saturated carbocycles. The largest absolute Gasteiger partial charge is 0.435 e. The molecule has 0 aliphatic carbocycles. The first-order valence-corrected chi connectivity index (χ1v) is 8.10. The van der Waals surface area contributed by atoms with Gasteiger partial charge >= 0.3 is 6.18 Å². The highest BCUT2D eigenvalue weighted by Gasteiger charge is 2.34. The maximum absolute atomic E-state index is 12.6. The van der Waals surface area contributed by atoms with Gasteiger partial charge in [0.2, 0.25) is 10.0 Å². The number of sulfonamides is 1. The minimum absolute atomic E-state index is 0.0134. The summed E-state index contributed by atoms with van der Waals surface area (Å²) in [5.41, 5.74) is -0.357. The number of nitrogens with one attached hydrogen (secondary N) is 1. The van der Waals surface area contributed by atoms with Gasteiger partial charge in [0.15, 0.2) is 5.69 Å². The minimum atomic E-state index is -4.53. The van der Waals surface area contributed by atoms with Crippen molar-refractivity contribution in [3.63, 3.8) is 0 Å². The van der Waals surface area contributed by atoms with Gasteiger partial charge in [-0.1, -0.05) is 0 Å². The zero-order valence-electron chi connectivity index (χ0n) is 12.7. The van der Waals surface area contributed by atoms with Gasteiger partial charge in [0, 0.05) is 25.5 Å². The van der Waals surface area contributed by atoms with Gasteiger partial charge in [0.1, 0.15) is 4.90 Å². The van der Waals surface area contributed by atoms with Crippen LogP contribution in [-0.2, 0) is 29.8 Å². The Bertz CT molecular complexity index is 807. The molecule has 0 radical (unpaired) electrons. The fraction of sp³-hybridized carbons (Fsp3) is 0.500. The number of rotatable bonds is 5. The second-order valence-electron chi connectivity index (χ2n) is 5.04. The third-order valence-corrected chi connectivity index (χ3v) is 4.71. The van der Waals surface area contributed by atoms with Crippen LogP contribution in [0.3, 0.4) is 0 Å². The molecule has 2 aromatic heterocycles. The Kier molecular flexibility index (Phi) is 4.53. The van der Waals surface area contributed by atoms with Crippen LogP contribution < -0.4 is 4.72 Å². The Morgan fingerprint density at radius 1 is 1.26 bits per heavy atom. The standard InChI is InChI=1S/C12H16F3N5O2S/c1-8-6-11(12(13,14)15)18-20(8)5-4-16-23(21,22)10-7-19(3)17-9(10)2/h6-7,16H,4-5H2,1-3H3. The molecular formula is C12H16F3N5O2S. The van der Waals surface area contributed by atoms with Crippen LogP contribution >= 0.6 is 0 Å². The second-order valence-corrected chi connectivity index (χ2v) is 6.78. The Balaban J connectivity index is 2.05. The predicted octanol–water partition coefficient (Wildman–Crippen LogP) is 1.23. The maximum Gasteiger partial charge on any atom is 0.435 e. The molecule has 0 aromatic carbocycles. The van der Waals surface area contributed by atoms with Crippen LogP contribution in [0.2, 0.25) is 0 Å². The first kappa shape index (κ1) is 17.5. The van der Waals surface area contributed by atoms with Gasteiger partial charge in [0.05, 0.1) is 12.2 Å². The molecule has 0 fully saturated rings. The summed E-state index contributed by atoms with van der Waals surface area (Å²) in [6, 6.07) is 0.916. The van der Waals surface area contributed by atoms with E-state index in [0.29, 0.717) is 11.4 Å². The highest BCUT2D eigenvalue weighted by atomic mass is 32.2. The van der Waals surface area contributed by atoms with Crippen molar-refractivity contribution in [2.75, 3.05) is 6.54 Å². The van der Waals surface area contributed by atoms with E-state index in [1.165, 1.54) is 17.8 Å². The van der Waals surface area contributed by atoms with Crippen molar-refractivity contribution in [3.8, 4) is 0 Å². The molecule has 2 aromatic rings. The first-order chi connectivity index (χ1) is 10.5. The predicted molar refractivity (Wildman–Crippen MR) is 75.1 cm³/mol. The van der Waals surface area contributed by atoms with Gasteiger partial charge in [-0.05, 0) is 19.9 Å². The fourth-order valence-corrected chi connectivity index (χ4v) is 3.32. The molecule has 0 aliphatic heterocycles. The molecule has 0 bridgehead atoms. The molecule has 0 amide bonds. The number of halogens is 3. The summed E-state index contributed by atoms with van der Waals surface area (Å²) < 4.78 is 66.8. The normalized spacial score (nSPS) is 12.8. The molecule has 11 heteroatoms. The highest BCUT2D eigenvalue weighted by molar-refractivity contribution is 7.89. The van der Waals surface area contributed by atoms with Gasteiger partial charge in [0.25, 0.3) is 0 Å². The maximum atomic E-state index is 12.6. The van der Waals surface area contributed by atoms with Gasteiger partial charge in [-0.25, -0.2) is 13.1 Å². The molecule has 0 saturated heterocycles. The van der Waals surface area contributed by atoms with Crippen molar-refractivity contribution >= 4 is 10.0 Å². The Labute approximate surface area is 131 Å². The number of hydrogen-bond acceptors (Lipinski definition) is 4. The number of aryl methyl sites for hydroxylation is 3. The molecular weight excluding hydrogens is 335 g/mol. The van der Waals surface area contributed by atoms with E-state index < -0.39 is 21.9 Å². The van der Waals surface area contributed by atoms with E-state index in [0.717, 1.165) is 10.7 Å². The van der Waals surface area contributed by atoms with Crippen molar-refractivity contribution < 1.29 is 21.6 Å². The van der Waals surface area contributed by atoms with E-state index in [-0.39, 0.29) is 18.0 Å². The van der Waals surface area contributed by atoms with Gasteiger partial charge in [-0.3, -0.25) is 9.36 Å². The molecule has 2 rings (SSSR count). The van der Waals surface area contributed by atoms with Crippen LogP contribution in [0.1, 0.15) is 17.1 Å². The number of alkyl halides is 3. The molecule has 7 nitrogen and oxygen atoms in total. The van der Waals surface area contributed by atoms with Gasteiger partial charge < -0.3 is 0 Å². The van der Waals surface area contributed by atoms with Crippen LogP contribution in [0.25, 0.3) is 0 Å². The van der Waals surface area contributed by atoms with E-state index in [1.54, 1.807) is 14.0 Å². The molecule has 23 heavy (non-hydrogen) atoms. The monoisotopic (exact) mass is 351 g/mol. The lowest BCUT2D eigenvalue weighted by atomic mass is 10.4. The average Bonchev–Trinajstić information content (AvgIpc) is 2.92. The molecule has 2 heterocycles. The van der Waals surface area contributed by atoms with Crippen LogP contribution in [-0.4, -0.2) is 34.5 Å². The van der Waals surface area contributed by atoms with Gasteiger partial charge in [-0.2, -0.15) is 23.4 Å². The Morgan fingerprint density at radius 2 is 1.91 bits per heavy atom. The van der Waals surface area contributed by atoms with E-state index in [1.807, 2.05) is 0 Å². The zero-order chi connectivity index (χ0) is 17.4. The summed E-state index contributed by atoms with van der Waals surface area (Å²) in [5.74, 6) is 0. The van der Waals surface area contributed by atoms with E-state index in [2.05, 4.69) is 14.9 Å². The fourth-order valence-electron chi connectivity index (χ4n) is 2.08. The first-order valence-electron chi connectivity index (χ1n) is 6.62. The number of aromatic nitrogens is 4. The van der Waals surface area contributed by atoms with E-state index >= 15 is 0 Å². The lowest BCUT2D eigenvalue weighted by Gasteiger charge is -2.07. The summed E-state index contributed by atoms with van der Waals surface area (Å²) in [7, 11) is -2.18. The quantitative estimate of drug-likeness (QED) is 0.878.